The van der Waals surface area contributed by atoms with E-state index in [1.807, 2.05) is 0 Å². The van der Waals surface area contributed by atoms with Crippen LogP contribution in [0.2, 0.25) is 0 Å². The number of amides is 1. The summed E-state index contributed by atoms with van der Waals surface area (Å²) in [5.41, 5.74) is 4.95. The van der Waals surface area contributed by atoms with Crippen molar-refractivity contribution >= 4 is 22.6 Å². The molecule has 1 aromatic carbocycles. The molecule has 2 heterocycles. The molecule has 0 unspecified atom stereocenters. The van der Waals surface area contributed by atoms with E-state index < -0.39 is 11.7 Å². The van der Waals surface area contributed by atoms with Crippen LogP contribution in [0, 0.1) is 5.82 Å². The SMILES string of the molecule is O=C(Cc1n[nH]c(=O)c2ccccc12)NNc1ncc(F)cn1. The standard InChI is InChI=1S/C14H11FN6O2/c15-8-6-16-14(17-7-8)21-19-12(22)5-11-9-3-1-2-4-10(9)13(23)20-18-11/h1-4,6-7H,5H2,(H,19,22)(H,20,23)(H,16,17,21). The Morgan fingerprint density at radius 3 is 2.61 bits per heavy atom. The molecule has 0 spiro atoms. The Labute approximate surface area is 128 Å². The van der Waals surface area contributed by atoms with Gasteiger partial charge < -0.3 is 0 Å². The molecule has 116 valence electrons. The molecule has 0 saturated carbocycles. The number of nitrogens with one attached hydrogen (secondary N) is 3. The Morgan fingerprint density at radius 1 is 1.17 bits per heavy atom. The smallest absolute Gasteiger partial charge is 0.272 e. The highest BCUT2D eigenvalue weighted by Crippen LogP contribution is 2.12. The van der Waals surface area contributed by atoms with Gasteiger partial charge in [0.25, 0.3) is 5.56 Å². The number of carbonyl (C=O) groups is 1. The van der Waals surface area contributed by atoms with Crippen molar-refractivity contribution in [1.29, 1.82) is 0 Å². The van der Waals surface area contributed by atoms with Crippen molar-refractivity contribution < 1.29 is 9.18 Å². The molecule has 0 bridgehead atoms. The lowest BCUT2D eigenvalue weighted by Gasteiger charge is -2.07. The maximum Gasteiger partial charge on any atom is 0.272 e. The fraction of sp³-hybridized carbons (Fsp3) is 0.0714. The van der Waals surface area contributed by atoms with E-state index in [4.69, 9.17) is 0 Å². The predicted octanol–water partition coefficient (Wildman–Crippen LogP) is 0.538. The monoisotopic (exact) mass is 314 g/mol. The van der Waals surface area contributed by atoms with Crippen LogP contribution in [-0.4, -0.2) is 26.1 Å². The molecule has 0 saturated heterocycles. The van der Waals surface area contributed by atoms with Crippen molar-refractivity contribution in [2.45, 2.75) is 6.42 Å². The van der Waals surface area contributed by atoms with Gasteiger partial charge in [0.2, 0.25) is 11.9 Å². The predicted molar refractivity (Wildman–Crippen MR) is 79.8 cm³/mol. The minimum atomic E-state index is -0.578. The number of hydrogen-bond donors (Lipinski definition) is 3. The number of rotatable bonds is 4. The zero-order valence-electron chi connectivity index (χ0n) is 11.7. The van der Waals surface area contributed by atoms with E-state index >= 15 is 0 Å². The van der Waals surface area contributed by atoms with Gasteiger partial charge in [-0.05, 0) is 6.07 Å². The Bertz CT molecular complexity index is 909. The Hall–Kier alpha value is -3.36. The van der Waals surface area contributed by atoms with Gasteiger partial charge in [-0.1, -0.05) is 18.2 Å². The maximum absolute atomic E-state index is 12.7. The first-order valence-electron chi connectivity index (χ1n) is 6.62. The molecule has 9 heteroatoms. The summed E-state index contributed by atoms with van der Waals surface area (Å²) in [5.74, 6) is -0.938. The molecule has 0 aliphatic carbocycles. The van der Waals surface area contributed by atoms with E-state index in [0.717, 1.165) is 12.4 Å². The summed E-state index contributed by atoms with van der Waals surface area (Å²) in [5, 5.41) is 7.32. The van der Waals surface area contributed by atoms with E-state index in [-0.39, 0.29) is 17.9 Å². The van der Waals surface area contributed by atoms with E-state index in [0.29, 0.717) is 16.5 Å². The van der Waals surface area contributed by atoms with Gasteiger partial charge in [-0.2, -0.15) is 5.10 Å². The highest BCUT2D eigenvalue weighted by atomic mass is 19.1. The van der Waals surface area contributed by atoms with Crippen molar-refractivity contribution in [1.82, 2.24) is 25.6 Å². The largest absolute Gasteiger partial charge is 0.273 e. The third-order valence-electron chi connectivity index (χ3n) is 3.04. The lowest BCUT2D eigenvalue weighted by molar-refractivity contribution is -0.120. The molecule has 0 atom stereocenters. The number of aromatic amines is 1. The second-order valence-corrected chi connectivity index (χ2v) is 4.62. The molecule has 3 rings (SSSR count). The summed E-state index contributed by atoms with van der Waals surface area (Å²) in [4.78, 5) is 30.9. The fourth-order valence-corrected chi connectivity index (χ4v) is 2.00. The van der Waals surface area contributed by atoms with Gasteiger partial charge in [0, 0.05) is 5.39 Å². The summed E-state index contributed by atoms with van der Waals surface area (Å²) >= 11 is 0. The molecular formula is C14H11FN6O2. The molecule has 0 aliphatic rings. The summed E-state index contributed by atoms with van der Waals surface area (Å²) in [7, 11) is 0. The van der Waals surface area contributed by atoms with Gasteiger partial charge in [0.15, 0.2) is 5.82 Å². The summed E-state index contributed by atoms with van der Waals surface area (Å²) in [6, 6.07) is 6.86. The molecule has 0 fully saturated rings. The van der Waals surface area contributed by atoms with Crippen LogP contribution in [0.3, 0.4) is 0 Å². The van der Waals surface area contributed by atoms with Crippen LogP contribution in [0.5, 0.6) is 0 Å². The Morgan fingerprint density at radius 2 is 1.87 bits per heavy atom. The first kappa shape index (κ1) is 14.6. The Kier molecular flexibility index (Phi) is 3.91. The zero-order chi connectivity index (χ0) is 16.2. The molecule has 3 aromatic rings. The second kappa shape index (κ2) is 6.18. The normalized spacial score (nSPS) is 10.5. The van der Waals surface area contributed by atoms with Crippen LogP contribution in [0.1, 0.15) is 5.69 Å². The molecule has 0 aliphatic heterocycles. The topological polar surface area (TPSA) is 113 Å². The van der Waals surface area contributed by atoms with Crippen molar-refractivity contribution in [2.24, 2.45) is 0 Å². The molecular weight excluding hydrogens is 303 g/mol. The quantitative estimate of drug-likeness (QED) is 0.606. The molecule has 3 N–H and O–H groups in total. The van der Waals surface area contributed by atoms with Gasteiger partial charge >= 0.3 is 0 Å². The van der Waals surface area contributed by atoms with Crippen molar-refractivity contribution in [2.75, 3.05) is 5.43 Å². The second-order valence-electron chi connectivity index (χ2n) is 4.62. The number of anilines is 1. The highest BCUT2D eigenvalue weighted by molar-refractivity contribution is 5.88. The third kappa shape index (κ3) is 3.28. The minimum Gasteiger partial charge on any atom is -0.273 e. The number of nitrogens with zero attached hydrogens (tertiary/aromatic N) is 3. The molecule has 8 nitrogen and oxygen atoms in total. The average molecular weight is 314 g/mol. The summed E-state index contributed by atoms with van der Waals surface area (Å²) in [6.45, 7) is 0. The van der Waals surface area contributed by atoms with Crippen LogP contribution >= 0.6 is 0 Å². The van der Waals surface area contributed by atoms with Crippen LogP contribution in [0.25, 0.3) is 10.8 Å². The molecule has 2 aromatic heterocycles. The maximum atomic E-state index is 12.7. The van der Waals surface area contributed by atoms with Crippen LogP contribution in [0.15, 0.2) is 41.5 Å². The average Bonchev–Trinajstić information content (AvgIpc) is 2.57. The number of carbonyl (C=O) groups excluding carboxylic acids is 1. The number of aromatic nitrogens is 4. The number of H-pyrrole nitrogens is 1. The van der Waals surface area contributed by atoms with Gasteiger partial charge in [0.1, 0.15) is 0 Å². The van der Waals surface area contributed by atoms with E-state index in [1.54, 1.807) is 24.3 Å². The van der Waals surface area contributed by atoms with E-state index in [9.17, 15) is 14.0 Å². The number of benzene rings is 1. The molecule has 0 radical (unpaired) electrons. The van der Waals surface area contributed by atoms with E-state index in [2.05, 4.69) is 31.0 Å². The van der Waals surface area contributed by atoms with Crippen molar-refractivity contribution in [3.63, 3.8) is 0 Å². The zero-order valence-corrected chi connectivity index (χ0v) is 11.7. The Balaban J connectivity index is 1.72. The fourth-order valence-electron chi connectivity index (χ4n) is 2.00. The van der Waals surface area contributed by atoms with Gasteiger partial charge in [0.05, 0.1) is 29.9 Å². The third-order valence-corrected chi connectivity index (χ3v) is 3.04. The van der Waals surface area contributed by atoms with Crippen LogP contribution in [0.4, 0.5) is 10.3 Å². The summed E-state index contributed by atoms with van der Waals surface area (Å²) in [6.07, 6.45) is 1.88. The van der Waals surface area contributed by atoms with Gasteiger partial charge in [-0.3, -0.25) is 20.4 Å². The number of hydrogen-bond acceptors (Lipinski definition) is 6. The lowest BCUT2D eigenvalue weighted by Crippen LogP contribution is -2.32. The van der Waals surface area contributed by atoms with Gasteiger partial charge in [-0.25, -0.2) is 19.5 Å². The van der Waals surface area contributed by atoms with Crippen LogP contribution < -0.4 is 16.4 Å². The van der Waals surface area contributed by atoms with Crippen molar-refractivity contribution in [3.05, 3.63) is 58.5 Å². The first-order chi connectivity index (χ1) is 11.1. The summed E-state index contributed by atoms with van der Waals surface area (Å²) < 4.78 is 12.7. The lowest BCUT2D eigenvalue weighted by atomic mass is 10.1. The minimum absolute atomic E-state index is 0.0547. The van der Waals surface area contributed by atoms with Crippen LogP contribution in [-0.2, 0) is 11.2 Å². The van der Waals surface area contributed by atoms with Gasteiger partial charge in [-0.15, -0.1) is 0 Å². The number of hydrazine groups is 1. The number of fused-ring (bicyclic) bond motifs is 1. The number of halogens is 1. The van der Waals surface area contributed by atoms with E-state index in [1.165, 1.54) is 0 Å². The molecule has 1 amide bonds. The first-order valence-corrected chi connectivity index (χ1v) is 6.62. The van der Waals surface area contributed by atoms with Crippen molar-refractivity contribution in [3.8, 4) is 0 Å². The highest BCUT2D eigenvalue weighted by Gasteiger charge is 2.10. The molecule has 23 heavy (non-hydrogen) atoms.